The number of amides is 1. The van der Waals surface area contributed by atoms with Crippen molar-refractivity contribution in [2.45, 2.75) is 25.7 Å². The predicted molar refractivity (Wildman–Crippen MR) is 107 cm³/mol. The highest BCUT2D eigenvalue weighted by molar-refractivity contribution is 6.30. The molecule has 3 nitrogen and oxygen atoms in total. The SMILES string of the molecule is Cc1ccc(Cl)cc1N1CCC(CNC(=O)C2CC2c2ccccc2F)C1. The van der Waals surface area contributed by atoms with E-state index >= 15 is 0 Å². The summed E-state index contributed by atoms with van der Waals surface area (Å²) in [5.41, 5.74) is 3.06. The lowest BCUT2D eigenvalue weighted by Crippen LogP contribution is -2.32. The van der Waals surface area contributed by atoms with Crippen LogP contribution in [0.3, 0.4) is 0 Å². The van der Waals surface area contributed by atoms with Crippen LogP contribution in [0.4, 0.5) is 10.1 Å². The van der Waals surface area contributed by atoms with E-state index in [-0.39, 0.29) is 23.6 Å². The molecule has 3 unspecified atom stereocenters. The Balaban J connectivity index is 1.28. The summed E-state index contributed by atoms with van der Waals surface area (Å²) in [6.07, 6.45) is 1.79. The molecule has 1 amide bonds. The van der Waals surface area contributed by atoms with Gasteiger partial charge in [0.15, 0.2) is 0 Å². The van der Waals surface area contributed by atoms with Gasteiger partial charge < -0.3 is 10.2 Å². The monoisotopic (exact) mass is 386 g/mol. The van der Waals surface area contributed by atoms with Crippen molar-refractivity contribution in [3.63, 3.8) is 0 Å². The molecule has 1 aliphatic heterocycles. The number of nitrogens with zero attached hydrogens (tertiary/aromatic N) is 1. The first kappa shape index (κ1) is 18.3. The molecule has 0 spiro atoms. The zero-order chi connectivity index (χ0) is 19.0. The van der Waals surface area contributed by atoms with Crippen LogP contribution in [0.5, 0.6) is 0 Å². The zero-order valence-corrected chi connectivity index (χ0v) is 16.2. The minimum Gasteiger partial charge on any atom is -0.371 e. The molecule has 0 bridgehead atoms. The largest absolute Gasteiger partial charge is 0.371 e. The van der Waals surface area contributed by atoms with Gasteiger partial charge in [-0.15, -0.1) is 0 Å². The van der Waals surface area contributed by atoms with Crippen molar-refractivity contribution in [2.75, 3.05) is 24.5 Å². The molecule has 1 N–H and O–H groups in total. The highest BCUT2D eigenvalue weighted by Gasteiger charge is 2.45. The summed E-state index contributed by atoms with van der Waals surface area (Å²) in [6.45, 7) is 4.66. The Morgan fingerprint density at radius 1 is 1.30 bits per heavy atom. The van der Waals surface area contributed by atoms with E-state index in [1.165, 1.54) is 17.3 Å². The second-order valence-electron chi connectivity index (χ2n) is 7.75. The molecule has 2 aliphatic rings. The van der Waals surface area contributed by atoms with Crippen molar-refractivity contribution in [2.24, 2.45) is 11.8 Å². The van der Waals surface area contributed by atoms with Crippen LogP contribution in [0.2, 0.25) is 5.02 Å². The summed E-state index contributed by atoms with van der Waals surface area (Å²) < 4.78 is 13.9. The Morgan fingerprint density at radius 2 is 2.11 bits per heavy atom. The molecule has 3 atom stereocenters. The average molecular weight is 387 g/mol. The van der Waals surface area contributed by atoms with E-state index in [1.54, 1.807) is 12.1 Å². The van der Waals surface area contributed by atoms with E-state index < -0.39 is 0 Å². The van der Waals surface area contributed by atoms with Crippen LogP contribution in [0.1, 0.15) is 29.9 Å². The Kier molecular flexibility index (Phi) is 5.09. The first-order valence-electron chi connectivity index (χ1n) is 9.56. The number of halogens is 2. The lowest BCUT2D eigenvalue weighted by atomic mass is 10.1. The van der Waals surface area contributed by atoms with Gasteiger partial charge in [0.2, 0.25) is 5.91 Å². The molecule has 2 fully saturated rings. The smallest absolute Gasteiger partial charge is 0.223 e. The molecule has 0 radical (unpaired) electrons. The highest BCUT2D eigenvalue weighted by Crippen LogP contribution is 2.48. The summed E-state index contributed by atoms with van der Waals surface area (Å²) in [5.74, 6) is 0.217. The number of carbonyl (C=O) groups is 1. The quantitative estimate of drug-likeness (QED) is 0.818. The molecule has 2 aromatic rings. The minimum atomic E-state index is -0.207. The third-order valence-electron chi connectivity index (χ3n) is 5.79. The Labute approximate surface area is 164 Å². The topological polar surface area (TPSA) is 32.3 Å². The van der Waals surface area contributed by atoms with Gasteiger partial charge in [0.05, 0.1) is 0 Å². The Hall–Kier alpha value is -2.07. The third kappa shape index (κ3) is 3.96. The van der Waals surface area contributed by atoms with Gasteiger partial charge in [-0.05, 0) is 60.9 Å². The van der Waals surface area contributed by atoms with Crippen molar-refractivity contribution in [1.82, 2.24) is 5.32 Å². The van der Waals surface area contributed by atoms with Crippen molar-refractivity contribution in [3.05, 3.63) is 64.4 Å². The molecule has 1 saturated carbocycles. The van der Waals surface area contributed by atoms with Crippen molar-refractivity contribution in [1.29, 1.82) is 0 Å². The highest BCUT2D eigenvalue weighted by atomic mass is 35.5. The number of hydrogen-bond acceptors (Lipinski definition) is 2. The minimum absolute atomic E-state index is 0.0281. The van der Waals surface area contributed by atoms with E-state index in [9.17, 15) is 9.18 Å². The number of benzene rings is 2. The fourth-order valence-electron chi connectivity index (χ4n) is 4.12. The standard InChI is InChI=1S/C22H24ClFN2O/c1-14-6-7-16(23)10-21(14)26-9-8-15(13-26)12-25-22(27)19-11-18(19)17-4-2-3-5-20(17)24/h2-7,10,15,18-19H,8-9,11-13H2,1H3,(H,25,27). The van der Waals surface area contributed by atoms with Gasteiger partial charge in [-0.1, -0.05) is 35.9 Å². The first-order valence-corrected chi connectivity index (χ1v) is 9.94. The second-order valence-corrected chi connectivity index (χ2v) is 8.18. The normalized spacial score (nSPS) is 24.1. The molecule has 5 heteroatoms. The first-order chi connectivity index (χ1) is 13.0. The van der Waals surface area contributed by atoms with Crippen LogP contribution < -0.4 is 10.2 Å². The van der Waals surface area contributed by atoms with Crippen LogP contribution in [-0.2, 0) is 4.79 Å². The predicted octanol–water partition coefficient (Wildman–Crippen LogP) is 4.53. The van der Waals surface area contributed by atoms with Crippen LogP contribution in [0, 0.1) is 24.6 Å². The fraction of sp³-hybridized carbons (Fsp3) is 0.409. The number of rotatable bonds is 5. The van der Waals surface area contributed by atoms with Crippen molar-refractivity contribution < 1.29 is 9.18 Å². The van der Waals surface area contributed by atoms with Gasteiger partial charge in [-0.25, -0.2) is 4.39 Å². The molecule has 0 aromatic heterocycles. The maximum Gasteiger partial charge on any atom is 0.223 e. The van der Waals surface area contributed by atoms with Crippen LogP contribution >= 0.6 is 11.6 Å². The van der Waals surface area contributed by atoms with E-state index in [0.29, 0.717) is 18.0 Å². The van der Waals surface area contributed by atoms with Gasteiger partial charge in [-0.3, -0.25) is 4.79 Å². The Bertz CT molecular complexity index is 856. The van der Waals surface area contributed by atoms with Gasteiger partial charge in [0, 0.05) is 36.3 Å². The maximum absolute atomic E-state index is 13.9. The van der Waals surface area contributed by atoms with Gasteiger partial charge >= 0.3 is 0 Å². The Morgan fingerprint density at radius 3 is 2.93 bits per heavy atom. The second kappa shape index (κ2) is 7.51. The van der Waals surface area contributed by atoms with Crippen LogP contribution in [0.15, 0.2) is 42.5 Å². The van der Waals surface area contributed by atoms with Crippen molar-refractivity contribution in [3.8, 4) is 0 Å². The van der Waals surface area contributed by atoms with E-state index in [2.05, 4.69) is 17.1 Å². The fourth-order valence-corrected chi connectivity index (χ4v) is 4.29. The molecule has 1 saturated heterocycles. The average Bonchev–Trinajstić information content (AvgIpc) is 3.31. The molecule has 1 heterocycles. The van der Waals surface area contributed by atoms with Gasteiger partial charge in [0.1, 0.15) is 5.82 Å². The number of carbonyl (C=O) groups excluding carboxylic acids is 1. The molecular weight excluding hydrogens is 363 g/mol. The summed E-state index contributed by atoms with van der Waals surface area (Å²) in [6, 6.07) is 12.7. The molecule has 142 valence electrons. The molecule has 27 heavy (non-hydrogen) atoms. The number of anilines is 1. The zero-order valence-electron chi connectivity index (χ0n) is 15.4. The van der Waals surface area contributed by atoms with E-state index in [4.69, 9.17) is 11.6 Å². The van der Waals surface area contributed by atoms with Crippen LogP contribution in [0.25, 0.3) is 0 Å². The summed E-state index contributed by atoms with van der Waals surface area (Å²) in [5, 5.41) is 3.84. The number of hydrogen-bond donors (Lipinski definition) is 1. The van der Waals surface area contributed by atoms with Gasteiger partial charge in [-0.2, -0.15) is 0 Å². The lowest BCUT2D eigenvalue weighted by molar-refractivity contribution is -0.122. The van der Waals surface area contributed by atoms with Crippen LogP contribution in [-0.4, -0.2) is 25.5 Å². The summed E-state index contributed by atoms with van der Waals surface area (Å²) in [7, 11) is 0. The number of aryl methyl sites for hydroxylation is 1. The van der Waals surface area contributed by atoms with Crippen molar-refractivity contribution >= 4 is 23.2 Å². The third-order valence-corrected chi connectivity index (χ3v) is 6.03. The molecular formula is C22H24ClFN2O. The number of nitrogens with one attached hydrogen (secondary N) is 1. The summed E-state index contributed by atoms with van der Waals surface area (Å²) >= 11 is 6.14. The lowest BCUT2D eigenvalue weighted by Gasteiger charge is -2.21. The van der Waals surface area contributed by atoms with E-state index in [1.807, 2.05) is 24.3 Å². The molecule has 4 rings (SSSR count). The maximum atomic E-state index is 13.9. The molecule has 1 aliphatic carbocycles. The van der Waals surface area contributed by atoms with Gasteiger partial charge in [0.25, 0.3) is 0 Å². The van der Waals surface area contributed by atoms with E-state index in [0.717, 1.165) is 31.0 Å². The molecule has 2 aromatic carbocycles. The summed E-state index contributed by atoms with van der Waals surface area (Å²) in [4.78, 5) is 14.8.